The SMILES string of the molecule is Cc1cc2c(cc1F)NCC(c1cnn(C)c1)N2. The molecule has 5 heteroatoms. The number of aryl methyl sites for hydroxylation is 2. The molecule has 18 heavy (non-hydrogen) atoms. The van der Waals surface area contributed by atoms with E-state index >= 15 is 0 Å². The van der Waals surface area contributed by atoms with E-state index in [1.54, 1.807) is 11.6 Å². The van der Waals surface area contributed by atoms with Gasteiger partial charge in [-0.3, -0.25) is 4.68 Å². The van der Waals surface area contributed by atoms with E-state index < -0.39 is 0 Å². The number of hydrogen-bond acceptors (Lipinski definition) is 3. The molecule has 0 fully saturated rings. The van der Waals surface area contributed by atoms with Gasteiger partial charge in [-0.05, 0) is 24.6 Å². The summed E-state index contributed by atoms with van der Waals surface area (Å²) in [6.45, 7) is 2.49. The number of benzene rings is 1. The van der Waals surface area contributed by atoms with Crippen molar-refractivity contribution in [2.24, 2.45) is 7.05 Å². The number of nitrogens with one attached hydrogen (secondary N) is 2. The Morgan fingerprint density at radius 2 is 2.22 bits per heavy atom. The lowest BCUT2D eigenvalue weighted by molar-refractivity contribution is 0.618. The Kier molecular flexibility index (Phi) is 2.47. The van der Waals surface area contributed by atoms with Crippen LogP contribution in [0.15, 0.2) is 24.5 Å². The minimum atomic E-state index is -0.178. The van der Waals surface area contributed by atoms with Gasteiger partial charge in [0.1, 0.15) is 5.82 Å². The lowest BCUT2D eigenvalue weighted by Gasteiger charge is -2.28. The molecule has 0 bridgehead atoms. The average molecular weight is 246 g/mol. The summed E-state index contributed by atoms with van der Waals surface area (Å²) >= 11 is 0. The van der Waals surface area contributed by atoms with Crippen LogP contribution in [0.5, 0.6) is 0 Å². The number of rotatable bonds is 1. The number of halogens is 1. The minimum Gasteiger partial charge on any atom is -0.381 e. The molecule has 0 radical (unpaired) electrons. The van der Waals surface area contributed by atoms with Gasteiger partial charge in [-0.25, -0.2) is 4.39 Å². The highest BCUT2D eigenvalue weighted by Gasteiger charge is 2.20. The van der Waals surface area contributed by atoms with E-state index in [4.69, 9.17) is 0 Å². The second-order valence-corrected chi connectivity index (χ2v) is 4.67. The van der Waals surface area contributed by atoms with Gasteiger partial charge in [-0.2, -0.15) is 5.10 Å². The molecule has 1 aromatic carbocycles. The Hall–Kier alpha value is -2.04. The molecule has 4 nitrogen and oxygen atoms in total. The van der Waals surface area contributed by atoms with Crippen molar-refractivity contribution in [1.82, 2.24) is 9.78 Å². The maximum Gasteiger partial charge on any atom is 0.128 e. The third-order valence-corrected chi connectivity index (χ3v) is 3.25. The first kappa shape index (κ1) is 11.1. The van der Waals surface area contributed by atoms with Crippen molar-refractivity contribution in [1.29, 1.82) is 0 Å². The number of aromatic nitrogens is 2. The zero-order valence-corrected chi connectivity index (χ0v) is 10.4. The maximum atomic E-state index is 13.4. The second-order valence-electron chi connectivity index (χ2n) is 4.67. The van der Waals surface area contributed by atoms with Gasteiger partial charge in [-0.1, -0.05) is 0 Å². The van der Waals surface area contributed by atoms with Crippen LogP contribution in [0.25, 0.3) is 0 Å². The standard InChI is InChI=1S/C13H15FN4/c1-8-3-12-11(4-10(8)14)15-6-13(17-12)9-5-16-18(2)7-9/h3-5,7,13,15,17H,6H2,1-2H3. The third kappa shape index (κ3) is 1.81. The molecule has 1 unspecified atom stereocenters. The first-order valence-electron chi connectivity index (χ1n) is 5.92. The molecule has 1 aromatic heterocycles. The Labute approximate surface area is 105 Å². The summed E-state index contributed by atoms with van der Waals surface area (Å²) in [5.41, 5.74) is 3.53. The predicted octanol–water partition coefficient (Wildman–Crippen LogP) is 2.45. The Morgan fingerprint density at radius 3 is 2.94 bits per heavy atom. The second kappa shape index (κ2) is 4.01. The van der Waals surface area contributed by atoms with Crippen LogP contribution in [0, 0.1) is 12.7 Å². The highest BCUT2D eigenvalue weighted by atomic mass is 19.1. The molecule has 0 aliphatic carbocycles. The smallest absolute Gasteiger partial charge is 0.128 e. The van der Waals surface area contributed by atoms with Crippen molar-refractivity contribution in [2.75, 3.05) is 17.2 Å². The molecule has 94 valence electrons. The van der Waals surface area contributed by atoms with Gasteiger partial charge in [0.2, 0.25) is 0 Å². The summed E-state index contributed by atoms with van der Waals surface area (Å²) in [7, 11) is 1.90. The molecule has 2 heterocycles. The number of nitrogens with zero attached hydrogens (tertiary/aromatic N) is 2. The summed E-state index contributed by atoms with van der Waals surface area (Å²) in [5, 5.41) is 10.8. The molecule has 1 aliphatic rings. The van der Waals surface area contributed by atoms with Crippen LogP contribution in [-0.2, 0) is 7.05 Å². The van der Waals surface area contributed by atoms with E-state index in [0.717, 1.165) is 23.5 Å². The monoisotopic (exact) mass is 246 g/mol. The molecule has 0 amide bonds. The molecule has 2 aromatic rings. The van der Waals surface area contributed by atoms with Crippen LogP contribution in [0.1, 0.15) is 17.2 Å². The van der Waals surface area contributed by atoms with Gasteiger partial charge >= 0.3 is 0 Å². The normalized spacial score (nSPS) is 17.8. The molecule has 1 atom stereocenters. The molecule has 0 spiro atoms. The zero-order valence-electron chi connectivity index (χ0n) is 10.4. The van der Waals surface area contributed by atoms with E-state index in [-0.39, 0.29) is 11.9 Å². The first-order valence-corrected chi connectivity index (χ1v) is 5.92. The van der Waals surface area contributed by atoms with Gasteiger partial charge in [-0.15, -0.1) is 0 Å². The highest BCUT2D eigenvalue weighted by Crippen LogP contribution is 2.33. The fourth-order valence-electron chi connectivity index (χ4n) is 2.22. The first-order chi connectivity index (χ1) is 8.63. The topological polar surface area (TPSA) is 41.9 Å². The van der Waals surface area contributed by atoms with E-state index in [9.17, 15) is 4.39 Å². The van der Waals surface area contributed by atoms with Crippen LogP contribution in [0.3, 0.4) is 0 Å². The summed E-state index contributed by atoms with van der Waals surface area (Å²) in [6.07, 6.45) is 3.83. The fraction of sp³-hybridized carbons (Fsp3) is 0.308. The van der Waals surface area contributed by atoms with Crippen molar-refractivity contribution in [3.8, 4) is 0 Å². The van der Waals surface area contributed by atoms with Gasteiger partial charge in [0.15, 0.2) is 0 Å². The summed E-state index contributed by atoms with van der Waals surface area (Å²) < 4.78 is 15.2. The van der Waals surface area contributed by atoms with Crippen LogP contribution in [0.2, 0.25) is 0 Å². The molecule has 1 aliphatic heterocycles. The largest absolute Gasteiger partial charge is 0.381 e. The molecule has 0 saturated heterocycles. The third-order valence-electron chi connectivity index (χ3n) is 3.25. The van der Waals surface area contributed by atoms with Crippen molar-refractivity contribution in [2.45, 2.75) is 13.0 Å². The van der Waals surface area contributed by atoms with Crippen molar-refractivity contribution in [3.05, 3.63) is 41.5 Å². The molecule has 3 rings (SSSR count). The predicted molar refractivity (Wildman–Crippen MR) is 69.2 cm³/mol. The Balaban J connectivity index is 1.91. The van der Waals surface area contributed by atoms with Crippen LogP contribution in [-0.4, -0.2) is 16.3 Å². The summed E-state index contributed by atoms with van der Waals surface area (Å²) in [6, 6.07) is 3.54. The molecular formula is C13H15FN4. The van der Waals surface area contributed by atoms with Crippen LogP contribution < -0.4 is 10.6 Å². The zero-order chi connectivity index (χ0) is 12.7. The van der Waals surface area contributed by atoms with E-state index in [1.165, 1.54) is 6.07 Å². The van der Waals surface area contributed by atoms with Crippen molar-refractivity contribution in [3.63, 3.8) is 0 Å². The van der Waals surface area contributed by atoms with E-state index in [1.807, 2.05) is 25.5 Å². The number of anilines is 2. The quantitative estimate of drug-likeness (QED) is 0.812. The lowest BCUT2D eigenvalue weighted by atomic mass is 10.1. The van der Waals surface area contributed by atoms with Crippen LogP contribution >= 0.6 is 0 Å². The molecule has 0 saturated carbocycles. The van der Waals surface area contributed by atoms with Gasteiger partial charge in [0.05, 0.1) is 23.6 Å². The number of hydrogen-bond donors (Lipinski definition) is 2. The average Bonchev–Trinajstić information content (AvgIpc) is 2.77. The van der Waals surface area contributed by atoms with Gasteiger partial charge < -0.3 is 10.6 Å². The summed E-state index contributed by atoms with van der Waals surface area (Å²) in [4.78, 5) is 0. The molecular weight excluding hydrogens is 231 g/mol. The van der Waals surface area contributed by atoms with Gasteiger partial charge in [0.25, 0.3) is 0 Å². The van der Waals surface area contributed by atoms with Crippen molar-refractivity contribution < 1.29 is 4.39 Å². The van der Waals surface area contributed by atoms with Gasteiger partial charge in [0, 0.05) is 25.4 Å². The minimum absolute atomic E-state index is 0.163. The van der Waals surface area contributed by atoms with E-state index in [0.29, 0.717) is 5.56 Å². The van der Waals surface area contributed by atoms with E-state index in [2.05, 4.69) is 15.7 Å². The molecule has 2 N–H and O–H groups in total. The lowest BCUT2D eigenvalue weighted by Crippen LogP contribution is -2.25. The van der Waals surface area contributed by atoms with Crippen LogP contribution in [0.4, 0.5) is 15.8 Å². The number of fused-ring (bicyclic) bond motifs is 1. The Bertz CT molecular complexity index is 591. The fourth-order valence-corrected chi connectivity index (χ4v) is 2.22. The maximum absolute atomic E-state index is 13.4. The summed E-state index contributed by atoms with van der Waals surface area (Å²) in [5.74, 6) is -0.178. The Morgan fingerprint density at radius 1 is 1.39 bits per heavy atom. The van der Waals surface area contributed by atoms with Crippen molar-refractivity contribution >= 4 is 11.4 Å². The highest BCUT2D eigenvalue weighted by molar-refractivity contribution is 5.72.